The first kappa shape index (κ1) is 10.4. The average molecular weight is 238 g/mol. The molecule has 4 heteroatoms. The zero-order chi connectivity index (χ0) is 10.7. The Bertz CT molecular complexity index is 443. The number of hydrogen-bond acceptors (Lipinski definition) is 4. The number of methoxy groups -OCH3 is 1. The molecule has 0 N–H and O–H groups in total. The molecule has 0 bridgehead atoms. The molecule has 2 aromatic rings. The second kappa shape index (κ2) is 4.59. The molecule has 2 aromatic heterocycles. The van der Waals surface area contributed by atoms with Crippen molar-refractivity contribution in [1.29, 1.82) is 0 Å². The summed E-state index contributed by atoms with van der Waals surface area (Å²) in [5, 5.41) is 5.85. The second-order valence-electron chi connectivity index (χ2n) is 3.05. The fourth-order valence-corrected chi connectivity index (χ4v) is 2.79. The SMILES string of the molecule is COc1ccsc1C(=O)Cc1ccsc1. The Balaban J connectivity index is 2.15. The van der Waals surface area contributed by atoms with E-state index in [0.717, 1.165) is 5.56 Å². The zero-order valence-electron chi connectivity index (χ0n) is 8.23. The van der Waals surface area contributed by atoms with Gasteiger partial charge in [0.05, 0.1) is 7.11 Å². The number of ether oxygens (including phenoxy) is 1. The van der Waals surface area contributed by atoms with Gasteiger partial charge in [0.15, 0.2) is 5.78 Å². The first-order valence-electron chi connectivity index (χ1n) is 4.47. The molecule has 0 aliphatic rings. The van der Waals surface area contributed by atoms with Gasteiger partial charge < -0.3 is 4.74 Å². The Morgan fingerprint density at radius 2 is 2.27 bits per heavy atom. The first-order chi connectivity index (χ1) is 7.31. The third kappa shape index (κ3) is 2.27. The molecular weight excluding hydrogens is 228 g/mol. The summed E-state index contributed by atoms with van der Waals surface area (Å²) in [4.78, 5) is 12.6. The Labute approximate surface area is 96.1 Å². The highest BCUT2D eigenvalue weighted by Gasteiger charge is 2.14. The largest absolute Gasteiger partial charge is 0.495 e. The Morgan fingerprint density at radius 3 is 2.93 bits per heavy atom. The predicted octanol–water partition coefficient (Wildman–Crippen LogP) is 3.24. The van der Waals surface area contributed by atoms with Gasteiger partial charge >= 0.3 is 0 Å². The van der Waals surface area contributed by atoms with Gasteiger partial charge in [-0.1, -0.05) is 0 Å². The van der Waals surface area contributed by atoms with Gasteiger partial charge in [-0.15, -0.1) is 11.3 Å². The highest BCUT2D eigenvalue weighted by molar-refractivity contribution is 7.12. The van der Waals surface area contributed by atoms with Gasteiger partial charge in [0, 0.05) is 6.42 Å². The van der Waals surface area contributed by atoms with E-state index < -0.39 is 0 Å². The summed E-state index contributed by atoms with van der Waals surface area (Å²) in [7, 11) is 1.59. The summed E-state index contributed by atoms with van der Waals surface area (Å²) in [6.07, 6.45) is 0.459. The summed E-state index contributed by atoms with van der Waals surface area (Å²) in [5.41, 5.74) is 1.07. The molecule has 0 unspecified atom stereocenters. The van der Waals surface area contributed by atoms with Crippen LogP contribution in [0.15, 0.2) is 28.3 Å². The maximum absolute atomic E-state index is 11.9. The molecule has 78 valence electrons. The number of carbonyl (C=O) groups excluding carboxylic acids is 1. The number of carbonyl (C=O) groups is 1. The van der Waals surface area contributed by atoms with Crippen molar-refractivity contribution in [2.45, 2.75) is 6.42 Å². The van der Waals surface area contributed by atoms with E-state index in [1.54, 1.807) is 18.4 Å². The Kier molecular flexibility index (Phi) is 3.18. The molecule has 0 amide bonds. The van der Waals surface area contributed by atoms with Crippen molar-refractivity contribution in [3.8, 4) is 5.75 Å². The first-order valence-corrected chi connectivity index (χ1v) is 6.29. The molecule has 0 atom stereocenters. The van der Waals surface area contributed by atoms with Crippen LogP contribution < -0.4 is 4.74 Å². The van der Waals surface area contributed by atoms with Crippen molar-refractivity contribution in [3.05, 3.63) is 38.7 Å². The van der Waals surface area contributed by atoms with Gasteiger partial charge in [-0.25, -0.2) is 0 Å². The van der Waals surface area contributed by atoms with Crippen LogP contribution in [0.5, 0.6) is 5.75 Å². The van der Waals surface area contributed by atoms with Crippen LogP contribution in [-0.2, 0) is 6.42 Å². The molecule has 0 aromatic carbocycles. The number of rotatable bonds is 4. The minimum absolute atomic E-state index is 0.125. The standard InChI is InChI=1S/C11H10O2S2/c1-13-10-3-5-15-11(10)9(12)6-8-2-4-14-7-8/h2-5,7H,6H2,1H3. The van der Waals surface area contributed by atoms with Crippen molar-refractivity contribution >= 4 is 28.5 Å². The molecule has 0 spiro atoms. The van der Waals surface area contributed by atoms with Crippen LogP contribution in [0.2, 0.25) is 0 Å². The normalized spacial score (nSPS) is 10.2. The third-order valence-corrected chi connectivity index (χ3v) is 3.72. The quantitative estimate of drug-likeness (QED) is 0.764. The van der Waals surface area contributed by atoms with Gasteiger partial charge in [-0.05, 0) is 33.8 Å². The number of ketones is 1. The lowest BCUT2D eigenvalue weighted by Crippen LogP contribution is -2.01. The van der Waals surface area contributed by atoms with E-state index in [-0.39, 0.29) is 5.78 Å². The highest BCUT2D eigenvalue weighted by Crippen LogP contribution is 2.26. The number of thiophene rings is 2. The fraction of sp³-hybridized carbons (Fsp3) is 0.182. The van der Waals surface area contributed by atoms with E-state index in [9.17, 15) is 4.79 Å². The lowest BCUT2D eigenvalue weighted by molar-refractivity contribution is 0.0994. The molecule has 0 fully saturated rings. The van der Waals surface area contributed by atoms with E-state index in [1.807, 2.05) is 28.3 Å². The third-order valence-electron chi connectivity index (χ3n) is 2.05. The van der Waals surface area contributed by atoms with Crippen molar-refractivity contribution in [3.63, 3.8) is 0 Å². The maximum Gasteiger partial charge on any atom is 0.180 e. The van der Waals surface area contributed by atoms with Crippen molar-refractivity contribution in [2.24, 2.45) is 0 Å². The molecule has 0 aliphatic heterocycles. The molecule has 0 saturated carbocycles. The highest BCUT2D eigenvalue weighted by atomic mass is 32.1. The van der Waals surface area contributed by atoms with Crippen LogP contribution in [0, 0.1) is 0 Å². The molecule has 0 saturated heterocycles. The van der Waals surface area contributed by atoms with E-state index in [4.69, 9.17) is 4.74 Å². The minimum atomic E-state index is 0.125. The second-order valence-corrected chi connectivity index (χ2v) is 4.75. The van der Waals surface area contributed by atoms with Crippen LogP contribution in [0.25, 0.3) is 0 Å². The summed E-state index contributed by atoms with van der Waals surface area (Å²) in [6, 6.07) is 3.80. The smallest absolute Gasteiger partial charge is 0.180 e. The summed E-state index contributed by atoms with van der Waals surface area (Å²) < 4.78 is 5.12. The van der Waals surface area contributed by atoms with Gasteiger partial charge in [-0.3, -0.25) is 4.79 Å². The molecule has 2 rings (SSSR count). The van der Waals surface area contributed by atoms with Crippen molar-refractivity contribution in [1.82, 2.24) is 0 Å². The molecule has 0 radical (unpaired) electrons. The Hall–Kier alpha value is -1.13. The van der Waals surface area contributed by atoms with Crippen molar-refractivity contribution < 1.29 is 9.53 Å². The van der Waals surface area contributed by atoms with Gasteiger partial charge in [0.1, 0.15) is 10.6 Å². The average Bonchev–Trinajstić information content (AvgIpc) is 2.86. The lowest BCUT2D eigenvalue weighted by Gasteiger charge is -2.00. The van der Waals surface area contributed by atoms with Crippen LogP contribution in [0.1, 0.15) is 15.2 Å². The van der Waals surface area contributed by atoms with Gasteiger partial charge in [0.25, 0.3) is 0 Å². The van der Waals surface area contributed by atoms with E-state index in [1.165, 1.54) is 11.3 Å². The lowest BCUT2D eigenvalue weighted by atomic mass is 10.1. The minimum Gasteiger partial charge on any atom is -0.495 e. The van der Waals surface area contributed by atoms with Gasteiger partial charge in [-0.2, -0.15) is 11.3 Å². The van der Waals surface area contributed by atoms with E-state index >= 15 is 0 Å². The topological polar surface area (TPSA) is 26.3 Å². The molecular formula is C11H10O2S2. The fourth-order valence-electron chi connectivity index (χ4n) is 1.32. The molecule has 2 nitrogen and oxygen atoms in total. The Morgan fingerprint density at radius 1 is 1.40 bits per heavy atom. The summed E-state index contributed by atoms with van der Waals surface area (Å²) >= 11 is 3.04. The van der Waals surface area contributed by atoms with Crippen molar-refractivity contribution in [2.75, 3.05) is 7.11 Å². The van der Waals surface area contributed by atoms with Crippen LogP contribution >= 0.6 is 22.7 Å². The summed E-state index contributed by atoms with van der Waals surface area (Å²) in [6.45, 7) is 0. The van der Waals surface area contributed by atoms with Crippen LogP contribution in [-0.4, -0.2) is 12.9 Å². The zero-order valence-corrected chi connectivity index (χ0v) is 9.86. The predicted molar refractivity (Wildman–Crippen MR) is 63.2 cm³/mol. The van der Waals surface area contributed by atoms with Crippen LogP contribution in [0.4, 0.5) is 0 Å². The van der Waals surface area contributed by atoms with E-state index in [2.05, 4.69) is 0 Å². The maximum atomic E-state index is 11.9. The van der Waals surface area contributed by atoms with E-state index in [0.29, 0.717) is 17.0 Å². The van der Waals surface area contributed by atoms with Gasteiger partial charge in [0.2, 0.25) is 0 Å². The molecule has 0 aliphatic carbocycles. The summed E-state index contributed by atoms with van der Waals surface area (Å²) in [5.74, 6) is 0.806. The molecule has 2 heterocycles. The van der Waals surface area contributed by atoms with Crippen LogP contribution in [0.3, 0.4) is 0 Å². The monoisotopic (exact) mass is 238 g/mol. The number of Topliss-reactive ketones (excluding diaryl/α,β-unsaturated/α-hetero) is 1. The number of hydrogen-bond donors (Lipinski definition) is 0. The molecule has 15 heavy (non-hydrogen) atoms.